The molecule has 2 N–H and O–H groups in total. The molecule has 1 amide bonds. The van der Waals surface area contributed by atoms with Crippen molar-refractivity contribution >= 4 is 5.91 Å². The van der Waals surface area contributed by atoms with E-state index in [9.17, 15) is 4.79 Å². The number of nitrogens with two attached hydrogens (primary N) is 1. The Balaban J connectivity index is 1.93. The van der Waals surface area contributed by atoms with Crippen molar-refractivity contribution in [3.05, 3.63) is 35.9 Å². The average Bonchev–Trinajstić information content (AvgIpc) is 2.54. The first-order chi connectivity index (χ1) is 10.1. The van der Waals surface area contributed by atoms with Crippen LogP contribution in [0.3, 0.4) is 0 Å². The van der Waals surface area contributed by atoms with Crippen LogP contribution in [-0.2, 0) is 16.1 Å². The molecule has 0 bridgehead atoms. The minimum Gasteiger partial charge on any atom is -0.366 e. The van der Waals surface area contributed by atoms with Crippen molar-refractivity contribution in [1.82, 2.24) is 9.80 Å². The van der Waals surface area contributed by atoms with E-state index < -0.39 is 0 Å². The fourth-order valence-electron chi connectivity index (χ4n) is 2.44. The molecule has 0 aromatic heterocycles. The maximum atomic E-state index is 12.4. The highest BCUT2D eigenvalue weighted by atomic mass is 16.5. The van der Waals surface area contributed by atoms with Crippen molar-refractivity contribution in [3.8, 4) is 0 Å². The molecular weight excluding hydrogens is 266 g/mol. The van der Waals surface area contributed by atoms with Crippen LogP contribution in [0.4, 0.5) is 0 Å². The third kappa shape index (κ3) is 4.27. The number of morpholine rings is 1. The minimum absolute atomic E-state index is 0.0192. The van der Waals surface area contributed by atoms with E-state index in [2.05, 4.69) is 17.0 Å². The Hall–Kier alpha value is -1.43. The topological polar surface area (TPSA) is 58.8 Å². The van der Waals surface area contributed by atoms with E-state index >= 15 is 0 Å². The molecule has 0 aliphatic carbocycles. The van der Waals surface area contributed by atoms with Gasteiger partial charge in [-0.2, -0.15) is 0 Å². The van der Waals surface area contributed by atoms with Crippen molar-refractivity contribution in [1.29, 1.82) is 0 Å². The summed E-state index contributed by atoms with van der Waals surface area (Å²) in [4.78, 5) is 16.4. The first kappa shape index (κ1) is 15.9. The summed E-state index contributed by atoms with van der Waals surface area (Å²) in [5.74, 6) is 0.0192. The van der Waals surface area contributed by atoms with Crippen molar-refractivity contribution in [2.75, 3.05) is 33.3 Å². The van der Waals surface area contributed by atoms with Gasteiger partial charge in [0.1, 0.15) is 6.10 Å². The van der Waals surface area contributed by atoms with Gasteiger partial charge in [0.05, 0.1) is 6.61 Å². The zero-order valence-electron chi connectivity index (χ0n) is 12.9. The molecule has 1 heterocycles. The monoisotopic (exact) mass is 291 g/mol. The minimum atomic E-state index is -0.388. The molecule has 1 fully saturated rings. The maximum absolute atomic E-state index is 12.4. The molecule has 1 aromatic rings. The van der Waals surface area contributed by atoms with Gasteiger partial charge >= 0.3 is 0 Å². The molecule has 5 heteroatoms. The number of benzene rings is 1. The quantitative estimate of drug-likeness (QED) is 0.867. The van der Waals surface area contributed by atoms with Crippen molar-refractivity contribution in [2.45, 2.75) is 25.6 Å². The molecule has 0 radical (unpaired) electrons. The van der Waals surface area contributed by atoms with Crippen LogP contribution in [-0.4, -0.2) is 61.1 Å². The van der Waals surface area contributed by atoms with Gasteiger partial charge < -0.3 is 15.4 Å². The first-order valence-corrected chi connectivity index (χ1v) is 7.46. The molecule has 0 saturated carbocycles. The Morgan fingerprint density at radius 3 is 2.86 bits per heavy atom. The van der Waals surface area contributed by atoms with E-state index in [-0.39, 0.29) is 18.1 Å². The average molecular weight is 291 g/mol. The van der Waals surface area contributed by atoms with Crippen molar-refractivity contribution < 1.29 is 9.53 Å². The third-order valence-corrected chi connectivity index (χ3v) is 4.02. The van der Waals surface area contributed by atoms with Gasteiger partial charge in [-0.1, -0.05) is 30.3 Å². The van der Waals surface area contributed by atoms with Crippen LogP contribution in [0.2, 0.25) is 0 Å². The Bertz CT molecular complexity index is 452. The Kier molecular flexibility index (Phi) is 5.73. The first-order valence-electron chi connectivity index (χ1n) is 7.46. The number of ether oxygens (including phenoxy) is 1. The molecule has 2 unspecified atom stereocenters. The molecule has 1 aliphatic rings. The number of amides is 1. The highest BCUT2D eigenvalue weighted by Gasteiger charge is 2.30. The van der Waals surface area contributed by atoms with E-state index in [0.29, 0.717) is 19.7 Å². The summed E-state index contributed by atoms with van der Waals surface area (Å²) in [5, 5.41) is 0. The van der Waals surface area contributed by atoms with Crippen LogP contribution in [0.1, 0.15) is 12.5 Å². The molecule has 2 rings (SSSR count). The molecule has 21 heavy (non-hydrogen) atoms. The predicted molar refractivity (Wildman–Crippen MR) is 82.7 cm³/mol. The van der Waals surface area contributed by atoms with Crippen LogP contribution in [0.5, 0.6) is 0 Å². The van der Waals surface area contributed by atoms with Gasteiger partial charge in [0, 0.05) is 39.3 Å². The fraction of sp³-hybridized carbons (Fsp3) is 0.562. The summed E-state index contributed by atoms with van der Waals surface area (Å²) in [5.41, 5.74) is 6.88. The Morgan fingerprint density at radius 1 is 1.48 bits per heavy atom. The third-order valence-electron chi connectivity index (χ3n) is 4.02. The van der Waals surface area contributed by atoms with Gasteiger partial charge in [0.25, 0.3) is 5.91 Å². The molecule has 0 spiro atoms. The summed E-state index contributed by atoms with van der Waals surface area (Å²) in [6.07, 6.45) is -0.388. The summed E-state index contributed by atoms with van der Waals surface area (Å²) < 4.78 is 5.65. The number of carbonyl (C=O) groups excluding carboxylic acids is 1. The molecule has 1 saturated heterocycles. The summed E-state index contributed by atoms with van der Waals surface area (Å²) >= 11 is 0. The molecule has 1 aliphatic heterocycles. The van der Waals surface area contributed by atoms with Crippen LogP contribution in [0.15, 0.2) is 30.3 Å². The lowest BCUT2D eigenvalue weighted by molar-refractivity contribution is -0.150. The van der Waals surface area contributed by atoms with E-state index in [4.69, 9.17) is 10.5 Å². The second-order valence-corrected chi connectivity index (χ2v) is 5.61. The molecular formula is C16H25N3O2. The van der Waals surface area contributed by atoms with Crippen molar-refractivity contribution in [3.63, 3.8) is 0 Å². The normalized spacial score (nSPS) is 21.0. The number of hydrogen-bond donors (Lipinski definition) is 1. The Labute approximate surface area is 126 Å². The SMILES string of the molecule is CC(CN)N(C)C(=O)C1CN(Cc2ccccc2)CCO1. The molecule has 2 atom stereocenters. The highest BCUT2D eigenvalue weighted by molar-refractivity contribution is 5.81. The lowest BCUT2D eigenvalue weighted by Crippen LogP contribution is -2.52. The largest absolute Gasteiger partial charge is 0.366 e. The smallest absolute Gasteiger partial charge is 0.253 e. The Morgan fingerprint density at radius 2 is 2.19 bits per heavy atom. The number of carbonyl (C=O) groups is 1. The van der Waals surface area contributed by atoms with E-state index in [1.165, 1.54) is 5.56 Å². The van der Waals surface area contributed by atoms with Crippen LogP contribution >= 0.6 is 0 Å². The van der Waals surface area contributed by atoms with Gasteiger partial charge in [0.2, 0.25) is 0 Å². The standard InChI is InChI=1S/C16H25N3O2/c1-13(10-17)18(2)16(20)15-12-19(8-9-21-15)11-14-6-4-3-5-7-14/h3-7,13,15H,8-12,17H2,1-2H3. The number of likely N-dealkylation sites (N-methyl/N-ethyl adjacent to an activating group) is 1. The predicted octanol–water partition coefficient (Wildman–Crippen LogP) is 0.693. The molecule has 5 nitrogen and oxygen atoms in total. The van der Waals surface area contributed by atoms with Gasteiger partial charge in [-0.15, -0.1) is 0 Å². The summed E-state index contributed by atoms with van der Waals surface area (Å²) in [6, 6.07) is 10.3. The molecule has 1 aromatic carbocycles. The van der Waals surface area contributed by atoms with Gasteiger partial charge in [0.15, 0.2) is 0 Å². The molecule has 116 valence electrons. The zero-order chi connectivity index (χ0) is 15.2. The number of rotatable bonds is 5. The van der Waals surface area contributed by atoms with Gasteiger partial charge in [-0.3, -0.25) is 9.69 Å². The lowest BCUT2D eigenvalue weighted by Gasteiger charge is -2.35. The lowest BCUT2D eigenvalue weighted by atomic mass is 10.1. The highest BCUT2D eigenvalue weighted by Crippen LogP contribution is 2.12. The second kappa shape index (κ2) is 7.54. The van der Waals surface area contributed by atoms with E-state index in [1.807, 2.05) is 25.1 Å². The van der Waals surface area contributed by atoms with Crippen molar-refractivity contribution in [2.24, 2.45) is 5.73 Å². The van der Waals surface area contributed by atoms with E-state index in [1.54, 1.807) is 11.9 Å². The number of hydrogen-bond acceptors (Lipinski definition) is 4. The maximum Gasteiger partial charge on any atom is 0.253 e. The fourth-order valence-corrected chi connectivity index (χ4v) is 2.44. The van der Waals surface area contributed by atoms with Crippen LogP contribution in [0, 0.1) is 0 Å². The summed E-state index contributed by atoms with van der Waals surface area (Å²) in [6.45, 7) is 5.34. The summed E-state index contributed by atoms with van der Waals surface area (Å²) in [7, 11) is 1.79. The number of nitrogens with zero attached hydrogens (tertiary/aromatic N) is 2. The van der Waals surface area contributed by atoms with Crippen LogP contribution < -0.4 is 5.73 Å². The zero-order valence-corrected chi connectivity index (χ0v) is 12.9. The van der Waals surface area contributed by atoms with Gasteiger partial charge in [-0.25, -0.2) is 0 Å². The second-order valence-electron chi connectivity index (χ2n) is 5.61. The van der Waals surface area contributed by atoms with Gasteiger partial charge in [-0.05, 0) is 12.5 Å². The van der Waals surface area contributed by atoms with Crippen LogP contribution in [0.25, 0.3) is 0 Å². The van der Waals surface area contributed by atoms with E-state index in [0.717, 1.165) is 13.1 Å².